The van der Waals surface area contributed by atoms with Gasteiger partial charge in [-0.05, 0) is 6.92 Å². The van der Waals surface area contributed by atoms with Crippen molar-refractivity contribution < 1.29 is 9.59 Å². The first-order chi connectivity index (χ1) is 9.60. The molecule has 1 heterocycles. The zero-order valence-corrected chi connectivity index (χ0v) is 11.3. The summed E-state index contributed by atoms with van der Waals surface area (Å²) in [5.74, 6) is 4.76. The number of hydrogen-bond donors (Lipinski definition) is 4. The highest BCUT2D eigenvalue weighted by atomic mass is 16.2. The van der Waals surface area contributed by atoms with Crippen LogP contribution in [0.15, 0.2) is 29.3 Å². The molecule has 2 unspecified atom stereocenters. The molecule has 20 heavy (non-hydrogen) atoms. The number of hydrazine groups is 1. The number of allylic oxidation sites excluding steroid dienone is 2. The number of carbonyl (C=O) groups is 2. The van der Waals surface area contributed by atoms with Crippen molar-refractivity contribution in [3.63, 3.8) is 0 Å². The number of ketones is 1. The second kappa shape index (κ2) is 5.98. The average molecular weight is 277 g/mol. The summed E-state index contributed by atoms with van der Waals surface area (Å²) in [4.78, 5) is 28.3. The number of amides is 1. The van der Waals surface area contributed by atoms with Crippen LogP contribution in [0, 0.1) is 5.92 Å². The van der Waals surface area contributed by atoms with Gasteiger partial charge in [-0.2, -0.15) is 0 Å². The lowest BCUT2D eigenvalue weighted by Crippen LogP contribution is -2.61. The molecule has 0 spiro atoms. The largest absolute Gasteiger partial charge is 0.371 e. The van der Waals surface area contributed by atoms with E-state index in [0.29, 0.717) is 6.54 Å². The van der Waals surface area contributed by atoms with E-state index in [2.05, 4.69) is 21.1 Å². The highest BCUT2D eigenvalue weighted by Crippen LogP contribution is 2.26. The van der Waals surface area contributed by atoms with Gasteiger partial charge >= 0.3 is 0 Å². The molecule has 0 aromatic carbocycles. The first kappa shape index (κ1) is 14.4. The van der Waals surface area contributed by atoms with Gasteiger partial charge in [0.1, 0.15) is 11.4 Å². The zero-order valence-electron chi connectivity index (χ0n) is 11.3. The van der Waals surface area contributed by atoms with Crippen LogP contribution in [0.5, 0.6) is 0 Å². The molecule has 0 saturated heterocycles. The van der Waals surface area contributed by atoms with Crippen molar-refractivity contribution in [3.8, 4) is 0 Å². The quantitative estimate of drug-likeness (QED) is 0.282. The fourth-order valence-electron chi connectivity index (χ4n) is 2.45. The predicted octanol–water partition coefficient (Wildman–Crippen LogP) is -1.36. The molecule has 0 aromatic heterocycles. The lowest BCUT2D eigenvalue weighted by molar-refractivity contribution is -0.131. The van der Waals surface area contributed by atoms with Gasteiger partial charge in [-0.1, -0.05) is 24.3 Å². The Labute approximate surface area is 117 Å². The standard InChI is InChI=1S/C13H19N5O2/c1-9(19)13(17-8-11-15-6-7-16-11)5-3-2-4-10(13)12(20)18-14/h2-5,10,17H,6-8,14H2,1H3,(H,15,16)(H,18,20). The Bertz CT molecular complexity index is 497. The second-order valence-electron chi connectivity index (χ2n) is 4.76. The highest BCUT2D eigenvalue weighted by Gasteiger charge is 2.44. The Morgan fingerprint density at radius 1 is 1.55 bits per heavy atom. The fourth-order valence-corrected chi connectivity index (χ4v) is 2.45. The molecular formula is C13H19N5O2. The number of nitrogens with one attached hydrogen (secondary N) is 3. The number of nitrogens with zero attached hydrogens (tertiary/aromatic N) is 1. The second-order valence-corrected chi connectivity index (χ2v) is 4.76. The first-order valence-corrected chi connectivity index (χ1v) is 6.50. The van der Waals surface area contributed by atoms with Gasteiger partial charge in [0, 0.05) is 6.54 Å². The van der Waals surface area contributed by atoms with E-state index >= 15 is 0 Å². The molecule has 1 aliphatic heterocycles. The summed E-state index contributed by atoms with van der Waals surface area (Å²) in [5, 5.41) is 6.26. The van der Waals surface area contributed by atoms with Crippen LogP contribution < -0.4 is 21.9 Å². The van der Waals surface area contributed by atoms with Crippen LogP contribution in [0.3, 0.4) is 0 Å². The number of carbonyl (C=O) groups excluding carboxylic acids is 2. The smallest absolute Gasteiger partial charge is 0.243 e. The Balaban J connectivity index is 2.22. The molecule has 2 rings (SSSR count). The Morgan fingerprint density at radius 3 is 2.95 bits per heavy atom. The summed E-state index contributed by atoms with van der Waals surface area (Å²) < 4.78 is 0. The summed E-state index contributed by atoms with van der Waals surface area (Å²) in [6, 6.07) is 0. The highest BCUT2D eigenvalue weighted by molar-refractivity contribution is 5.98. The van der Waals surface area contributed by atoms with Crippen molar-refractivity contribution in [1.29, 1.82) is 0 Å². The van der Waals surface area contributed by atoms with Crippen molar-refractivity contribution >= 4 is 17.5 Å². The lowest BCUT2D eigenvalue weighted by atomic mass is 9.77. The Kier molecular flexibility index (Phi) is 4.31. The maximum Gasteiger partial charge on any atom is 0.243 e. The van der Waals surface area contributed by atoms with Gasteiger partial charge in [0.15, 0.2) is 5.78 Å². The third-order valence-corrected chi connectivity index (χ3v) is 3.56. The summed E-state index contributed by atoms with van der Waals surface area (Å²) in [7, 11) is 0. The number of rotatable bonds is 5. The zero-order chi connectivity index (χ0) is 14.6. The van der Waals surface area contributed by atoms with Crippen molar-refractivity contribution in [1.82, 2.24) is 16.1 Å². The van der Waals surface area contributed by atoms with Crippen LogP contribution in [0.2, 0.25) is 0 Å². The maximum absolute atomic E-state index is 12.1. The minimum atomic E-state index is -1.09. The SMILES string of the molecule is CC(=O)C1(NCC2=NCCN2)C=CC=CC1C(=O)NN. The van der Waals surface area contributed by atoms with Gasteiger partial charge < -0.3 is 5.32 Å². The molecule has 7 nitrogen and oxygen atoms in total. The molecule has 7 heteroatoms. The molecular weight excluding hydrogens is 258 g/mol. The summed E-state index contributed by atoms with van der Waals surface area (Å²) in [5.41, 5.74) is 1.02. The van der Waals surface area contributed by atoms with E-state index < -0.39 is 17.4 Å². The molecule has 1 amide bonds. The van der Waals surface area contributed by atoms with Gasteiger partial charge in [-0.25, -0.2) is 5.84 Å². The van der Waals surface area contributed by atoms with Gasteiger partial charge in [0.05, 0.1) is 19.0 Å². The topological polar surface area (TPSA) is 109 Å². The first-order valence-electron chi connectivity index (χ1n) is 6.50. The van der Waals surface area contributed by atoms with Crippen molar-refractivity contribution in [2.45, 2.75) is 12.5 Å². The van der Waals surface area contributed by atoms with Crippen LogP contribution in [-0.2, 0) is 9.59 Å². The summed E-state index contributed by atoms with van der Waals surface area (Å²) in [6.07, 6.45) is 6.85. The average Bonchev–Trinajstić information content (AvgIpc) is 2.97. The number of nitrogens with two attached hydrogens (primary N) is 1. The Hall–Kier alpha value is -1.99. The van der Waals surface area contributed by atoms with E-state index in [-0.39, 0.29) is 5.78 Å². The number of aliphatic imine (C=N–C) groups is 1. The van der Waals surface area contributed by atoms with Crippen molar-refractivity contribution in [2.75, 3.05) is 19.6 Å². The molecule has 5 N–H and O–H groups in total. The molecule has 2 aliphatic rings. The molecule has 0 radical (unpaired) electrons. The number of hydrogen-bond acceptors (Lipinski definition) is 6. The van der Waals surface area contributed by atoms with Gasteiger partial charge in [-0.3, -0.25) is 25.3 Å². The molecule has 0 saturated carbocycles. The van der Waals surface area contributed by atoms with E-state index in [9.17, 15) is 9.59 Å². The Morgan fingerprint density at radius 2 is 2.35 bits per heavy atom. The minimum absolute atomic E-state index is 0.148. The van der Waals surface area contributed by atoms with Gasteiger partial charge in [0.25, 0.3) is 0 Å². The summed E-state index contributed by atoms with van der Waals surface area (Å²) in [6.45, 7) is 3.38. The molecule has 1 aliphatic carbocycles. The number of amidine groups is 1. The van der Waals surface area contributed by atoms with Crippen LogP contribution in [0.1, 0.15) is 6.92 Å². The third-order valence-electron chi connectivity index (χ3n) is 3.56. The molecule has 0 aromatic rings. The molecule has 2 atom stereocenters. The number of Topliss-reactive ketones (excluding diaryl/α,β-unsaturated/α-hetero) is 1. The summed E-state index contributed by atoms with van der Waals surface area (Å²) >= 11 is 0. The van der Waals surface area contributed by atoms with E-state index in [4.69, 9.17) is 5.84 Å². The van der Waals surface area contributed by atoms with Crippen LogP contribution >= 0.6 is 0 Å². The molecule has 0 fully saturated rings. The van der Waals surface area contributed by atoms with Crippen LogP contribution in [0.25, 0.3) is 0 Å². The monoisotopic (exact) mass is 277 g/mol. The van der Waals surface area contributed by atoms with Crippen LogP contribution in [-0.4, -0.2) is 42.7 Å². The lowest BCUT2D eigenvalue weighted by Gasteiger charge is -2.36. The van der Waals surface area contributed by atoms with E-state index in [1.54, 1.807) is 24.3 Å². The van der Waals surface area contributed by atoms with E-state index in [1.165, 1.54) is 6.92 Å². The normalized spacial score (nSPS) is 27.9. The third kappa shape index (κ3) is 2.63. The predicted molar refractivity (Wildman–Crippen MR) is 75.8 cm³/mol. The van der Waals surface area contributed by atoms with E-state index in [1.807, 2.05) is 0 Å². The van der Waals surface area contributed by atoms with Gasteiger partial charge in [-0.15, -0.1) is 0 Å². The van der Waals surface area contributed by atoms with Crippen molar-refractivity contribution in [3.05, 3.63) is 24.3 Å². The van der Waals surface area contributed by atoms with Gasteiger partial charge in [0.2, 0.25) is 5.91 Å². The maximum atomic E-state index is 12.1. The minimum Gasteiger partial charge on any atom is -0.371 e. The molecule has 0 bridgehead atoms. The fraction of sp³-hybridized carbons (Fsp3) is 0.462. The van der Waals surface area contributed by atoms with Crippen molar-refractivity contribution in [2.24, 2.45) is 16.8 Å². The van der Waals surface area contributed by atoms with E-state index in [0.717, 1.165) is 18.9 Å². The van der Waals surface area contributed by atoms with Crippen LogP contribution in [0.4, 0.5) is 0 Å². The molecule has 108 valence electrons.